The Morgan fingerprint density at radius 2 is 1.65 bits per heavy atom. The van der Waals surface area contributed by atoms with E-state index in [0.29, 0.717) is 0 Å². The summed E-state index contributed by atoms with van der Waals surface area (Å²) >= 11 is 0. The van der Waals surface area contributed by atoms with Crippen LogP contribution in [-0.4, -0.2) is 13.1 Å². The summed E-state index contributed by atoms with van der Waals surface area (Å²) in [6, 6.07) is 15.6. The molecule has 1 aliphatic rings. The number of benzene rings is 2. The van der Waals surface area contributed by atoms with Gasteiger partial charge in [-0.2, -0.15) is 0 Å². The summed E-state index contributed by atoms with van der Waals surface area (Å²) in [4.78, 5) is 2.48. The Morgan fingerprint density at radius 3 is 2.40 bits per heavy atom. The van der Waals surface area contributed by atoms with Gasteiger partial charge in [-0.25, -0.2) is 0 Å². The second kappa shape index (κ2) is 5.68. The number of hydrogen-bond acceptors (Lipinski definition) is 2. The van der Waals surface area contributed by atoms with E-state index in [1.165, 1.54) is 27.9 Å². The van der Waals surface area contributed by atoms with Crippen molar-refractivity contribution in [1.29, 1.82) is 0 Å². The fraction of sp³-hybridized carbons (Fsp3) is 0.333. The van der Waals surface area contributed by atoms with Crippen LogP contribution in [0, 0.1) is 13.8 Å². The second-order valence-electron chi connectivity index (χ2n) is 5.71. The molecule has 0 saturated carbocycles. The molecule has 104 valence electrons. The van der Waals surface area contributed by atoms with E-state index in [4.69, 9.17) is 0 Å². The maximum absolute atomic E-state index is 3.53. The topological polar surface area (TPSA) is 15.3 Å². The predicted octanol–water partition coefficient (Wildman–Crippen LogP) is 3.41. The first-order chi connectivity index (χ1) is 9.72. The fourth-order valence-electron chi connectivity index (χ4n) is 2.96. The number of hydrogen-bond donors (Lipinski definition) is 1. The predicted molar refractivity (Wildman–Crippen MR) is 85.1 cm³/mol. The molecule has 3 rings (SSSR count). The molecular weight excluding hydrogens is 244 g/mol. The molecule has 2 aromatic carbocycles. The summed E-state index contributed by atoms with van der Waals surface area (Å²) < 4.78 is 0. The van der Waals surface area contributed by atoms with Crippen LogP contribution in [0.25, 0.3) is 0 Å². The van der Waals surface area contributed by atoms with Gasteiger partial charge in [0.05, 0.1) is 0 Å². The van der Waals surface area contributed by atoms with Gasteiger partial charge in [0.1, 0.15) is 0 Å². The standard InChI is InChI=1S/C18H22N2/c1-14-9-15(2)11-18(10-14)20-8-7-19-12-16-5-3-4-6-17(16)13-20/h3-6,9-11,19H,7-8,12-13H2,1-2H3. The minimum absolute atomic E-state index is 0.983. The molecule has 20 heavy (non-hydrogen) atoms. The van der Waals surface area contributed by atoms with Crippen molar-refractivity contribution in [2.45, 2.75) is 26.9 Å². The quantitative estimate of drug-likeness (QED) is 0.851. The smallest absolute Gasteiger partial charge is 0.0433 e. The SMILES string of the molecule is Cc1cc(C)cc(N2CCNCc3ccccc3C2)c1. The Hall–Kier alpha value is -1.80. The molecule has 0 atom stereocenters. The molecule has 0 saturated heterocycles. The molecule has 2 aromatic rings. The summed E-state index contributed by atoms with van der Waals surface area (Å²) in [5, 5.41) is 3.53. The molecule has 2 nitrogen and oxygen atoms in total. The molecule has 0 aliphatic carbocycles. The van der Waals surface area contributed by atoms with Crippen LogP contribution in [0.2, 0.25) is 0 Å². The largest absolute Gasteiger partial charge is 0.366 e. The lowest BCUT2D eigenvalue weighted by molar-refractivity contribution is 0.631. The van der Waals surface area contributed by atoms with Crippen molar-refractivity contribution < 1.29 is 0 Å². The van der Waals surface area contributed by atoms with Crippen molar-refractivity contribution in [2.75, 3.05) is 18.0 Å². The molecule has 0 aromatic heterocycles. The van der Waals surface area contributed by atoms with E-state index in [1.54, 1.807) is 0 Å². The van der Waals surface area contributed by atoms with Crippen molar-refractivity contribution >= 4 is 5.69 Å². The highest BCUT2D eigenvalue weighted by molar-refractivity contribution is 5.52. The number of anilines is 1. The summed E-state index contributed by atoms with van der Waals surface area (Å²) in [6.45, 7) is 8.41. The highest BCUT2D eigenvalue weighted by atomic mass is 15.1. The van der Waals surface area contributed by atoms with Gasteiger partial charge < -0.3 is 10.2 Å². The van der Waals surface area contributed by atoms with Crippen LogP contribution in [0.4, 0.5) is 5.69 Å². The highest BCUT2D eigenvalue weighted by Gasteiger charge is 2.13. The van der Waals surface area contributed by atoms with Crippen molar-refractivity contribution in [2.24, 2.45) is 0 Å². The minimum Gasteiger partial charge on any atom is -0.366 e. The van der Waals surface area contributed by atoms with Gasteiger partial charge in [-0.05, 0) is 48.2 Å². The van der Waals surface area contributed by atoms with Crippen LogP contribution in [0.5, 0.6) is 0 Å². The third kappa shape index (κ3) is 2.86. The van der Waals surface area contributed by atoms with Gasteiger partial charge in [0.2, 0.25) is 0 Å². The van der Waals surface area contributed by atoms with E-state index >= 15 is 0 Å². The Bertz CT molecular complexity index is 584. The van der Waals surface area contributed by atoms with Gasteiger partial charge in [0, 0.05) is 31.9 Å². The Kier molecular flexibility index (Phi) is 3.75. The normalized spacial score (nSPS) is 15.4. The van der Waals surface area contributed by atoms with Crippen LogP contribution < -0.4 is 10.2 Å². The van der Waals surface area contributed by atoms with Crippen molar-refractivity contribution in [3.05, 3.63) is 64.7 Å². The Balaban J connectivity index is 1.94. The van der Waals surface area contributed by atoms with E-state index in [9.17, 15) is 0 Å². The molecule has 2 heteroatoms. The minimum atomic E-state index is 0.983. The van der Waals surface area contributed by atoms with Gasteiger partial charge in [0.25, 0.3) is 0 Å². The molecule has 0 unspecified atom stereocenters. The molecule has 1 heterocycles. The lowest BCUT2D eigenvalue weighted by Gasteiger charge is -2.29. The Morgan fingerprint density at radius 1 is 0.950 bits per heavy atom. The lowest BCUT2D eigenvalue weighted by atomic mass is 10.0. The molecule has 0 bridgehead atoms. The summed E-state index contributed by atoms with van der Waals surface area (Å²) in [7, 11) is 0. The summed E-state index contributed by atoms with van der Waals surface area (Å²) in [5.41, 5.74) is 6.85. The zero-order chi connectivity index (χ0) is 13.9. The van der Waals surface area contributed by atoms with Gasteiger partial charge in [0.15, 0.2) is 0 Å². The van der Waals surface area contributed by atoms with Crippen LogP contribution in [0.15, 0.2) is 42.5 Å². The van der Waals surface area contributed by atoms with E-state index < -0.39 is 0 Å². The number of aryl methyl sites for hydroxylation is 2. The van der Waals surface area contributed by atoms with Crippen LogP contribution >= 0.6 is 0 Å². The summed E-state index contributed by atoms with van der Waals surface area (Å²) in [6.07, 6.45) is 0. The molecule has 0 fully saturated rings. The zero-order valence-electron chi connectivity index (χ0n) is 12.3. The maximum atomic E-state index is 3.53. The first-order valence-electron chi connectivity index (χ1n) is 7.33. The first kappa shape index (κ1) is 13.2. The summed E-state index contributed by atoms with van der Waals surface area (Å²) in [5.74, 6) is 0. The average Bonchev–Trinajstić information content (AvgIpc) is 2.38. The van der Waals surface area contributed by atoms with Gasteiger partial charge in [-0.15, -0.1) is 0 Å². The number of nitrogens with zero attached hydrogens (tertiary/aromatic N) is 1. The van der Waals surface area contributed by atoms with E-state index in [-0.39, 0.29) is 0 Å². The third-order valence-corrected chi connectivity index (χ3v) is 3.93. The van der Waals surface area contributed by atoms with Crippen LogP contribution in [0.3, 0.4) is 0 Å². The second-order valence-corrected chi connectivity index (χ2v) is 5.71. The fourth-order valence-corrected chi connectivity index (χ4v) is 2.96. The molecule has 1 N–H and O–H groups in total. The van der Waals surface area contributed by atoms with Crippen molar-refractivity contribution in [3.63, 3.8) is 0 Å². The lowest BCUT2D eigenvalue weighted by Crippen LogP contribution is -2.34. The Labute approximate surface area is 121 Å². The molecule has 0 radical (unpaired) electrons. The number of nitrogens with one attached hydrogen (secondary N) is 1. The third-order valence-electron chi connectivity index (χ3n) is 3.93. The molecule has 1 aliphatic heterocycles. The van der Waals surface area contributed by atoms with Gasteiger partial charge >= 0.3 is 0 Å². The van der Waals surface area contributed by atoms with Gasteiger partial charge in [-0.3, -0.25) is 0 Å². The molecular formula is C18H22N2. The van der Waals surface area contributed by atoms with E-state index in [1.807, 2.05) is 0 Å². The van der Waals surface area contributed by atoms with E-state index in [0.717, 1.165) is 26.2 Å². The number of fused-ring (bicyclic) bond motifs is 1. The van der Waals surface area contributed by atoms with E-state index in [2.05, 4.69) is 66.5 Å². The van der Waals surface area contributed by atoms with Crippen molar-refractivity contribution in [3.8, 4) is 0 Å². The van der Waals surface area contributed by atoms with Crippen LogP contribution in [-0.2, 0) is 13.1 Å². The highest BCUT2D eigenvalue weighted by Crippen LogP contribution is 2.22. The average molecular weight is 266 g/mol. The number of rotatable bonds is 1. The van der Waals surface area contributed by atoms with Gasteiger partial charge in [-0.1, -0.05) is 30.3 Å². The molecule has 0 spiro atoms. The monoisotopic (exact) mass is 266 g/mol. The maximum Gasteiger partial charge on any atom is 0.0433 e. The van der Waals surface area contributed by atoms with Crippen LogP contribution in [0.1, 0.15) is 22.3 Å². The van der Waals surface area contributed by atoms with Crippen molar-refractivity contribution in [1.82, 2.24) is 5.32 Å². The zero-order valence-corrected chi connectivity index (χ0v) is 12.3. The first-order valence-corrected chi connectivity index (χ1v) is 7.33. The molecule has 0 amide bonds.